The first kappa shape index (κ1) is 15.1. The number of nitrogens with one attached hydrogen (secondary N) is 2. The van der Waals surface area contributed by atoms with Gasteiger partial charge in [-0.1, -0.05) is 18.2 Å². The third-order valence-electron chi connectivity index (χ3n) is 3.23. The summed E-state index contributed by atoms with van der Waals surface area (Å²) in [6, 6.07) is 8.81. The molecule has 2 aromatic rings. The van der Waals surface area contributed by atoms with E-state index in [1.807, 2.05) is 37.3 Å². The number of nitrogens with two attached hydrogens (primary N) is 1. The summed E-state index contributed by atoms with van der Waals surface area (Å²) in [6.45, 7) is 1.86. The fourth-order valence-electron chi connectivity index (χ4n) is 2.26. The molecule has 0 saturated carbocycles. The Labute approximate surface area is 122 Å². The number of H-pyrrole nitrogens is 1. The molecule has 2 rings (SSSR count). The van der Waals surface area contributed by atoms with Crippen molar-refractivity contribution in [2.24, 2.45) is 5.73 Å². The van der Waals surface area contributed by atoms with Crippen molar-refractivity contribution in [2.75, 3.05) is 0 Å². The first-order chi connectivity index (χ1) is 9.95. The van der Waals surface area contributed by atoms with Gasteiger partial charge < -0.3 is 21.1 Å². The van der Waals surface area contributed by atoms with E-state index < -0.39 is 17.9 Å². The fraction of sp³-hybridized carbons (Fsp3) is 0.333. The number of para-hydroxylation sites is 1. The molecule has 5 N–H and O–H groups in total. The zero-order chi connectivity index (χ0) is 15.4. The van der Waals surface area contributed by atoms with Gasteiger partial charge in [0, 0.05) is 23.7 Å². The van der Waals surface area contributed by atoms with E-state index in [2.05, 4.69) is 10.3 Å². The van der Waals surface area contributed by atoms with E-state index in [4.69, 9.17) is 10.8 Å². The van der Waals surface area contributed by atoms with Crippen LogP contribution in [0.3, 0.4) is 0 Å². The number of hydrogen-bond donors (Lipinski definition) is 4. The number of benzene rings is 1. The molecule has 112 valence electrons. The van der Waals surface area contributed by atoms with E-state index in [0.29, 0.717) is 6.42 Å². The number of aliphatic carboxylic acids is 1. The van der Waals surface area contributed by atoms with Crippen LogP contribution < -0.4 is 11.1 Å². The predicted molar refractivity (Wildman–Crippen MR) is 79.8 cm³/mol. The van der Waals surface area contributed by atoms with E-state index in [0.717, 1.165) is 16.6 Å². The van der Waals surface area contributed by atoms with Crippen molar-refractivity contribution >= 4 is 22.8 Å². The largest absolute Gasteiger partial charge is 0.481 e. The molecule has 1 aromatic heterocycles. The number of hydrogen-bond acceptors (Lipinski definition) is 3. The van der Waals surface area contributed by atoms with Crippen LogP contribution in [0.2, 0.25) is 0 Å². The topological polar surface area (TPSA) is 108 Å². The minimum Gasteiger partial charge on any atom is -0.481 e. The van der Waals surface area contributed by atoms with Crippen LogP contribution in [-0.4, -0.2) is 34.1 Å². The summed E-state index contributed by atoms with van der Waals surface area (Å²) in [6.07, 6.45) is 0.255. The summed E-state index contributed by atoms with van der Waals surface area (Å²) < 4.78 is 0. The van der Waals surface area contributed by atoms with Gasteiger partial charge >= 0.3 is 5.97 Å². The van der Waals surface area contributed by atoms with Gasteiger partial charge in [0.25, 0.3) is 0 Å². The van der Waals surface area contributed by atoms with Crippen LogP contribution in [0.15, 0.2) is 30.3 Å². The Morgan fingerprint density at radius 3 is 2.76 bits per heavy atom. The highest BCUT2D eigenvalue weighted by Crippen LogP contribution is 2.15. The van der Waals surface area contributed by atoms with Crippen molar-refractivity contribution in [1.82, 2.24) is 10.3 Å². The molecule has 1 amide bonds. The Bertz CT molecular complexity index is 617. The first-order valence-electron chi connectivity index (χ1n) is 6.80. The molecule has 0 bridgehead atoms. The molecule has 1 heterocycles. The highest BCUT2D eigenvalue weighted by Gasteiger charge is 2.19. The van der Waals surface area contributed by atoms with Crippen LogP contribution >= 0.6 is 0 Å². The van der Waals surface area contributed by atoms with Gasteiger partial charge in [0.2, 0.25) is 5.91 Å². The monoisotopic (exact) mass is 289 g/mol. The number of carboxylic acids is 1. The SMILES string of the molecule is CC(Cc1cc2ccccc2[nH]1)NC(=O)C(N)CC(=O)O. The molecule has 6 nitrogen and oxygen atoms in total. The van der Waals surface area contributed by atoms with Crippen LogP contribution in [0.4, 0.5) is 0 Å². The Balaban J connectivity index is 1.93. The van der Waals surface area contributed by atoms with Gasteiger partial charge in [-0.15, -0.1) is 0 Å². The van der Waals surface area contributed by atoms with Crippen molar-refractivity contribution in [3.05, 3.63) is 36.0 Å². The summed E-state index contributed by atoms with van der Waals surface area (Å²) in [4.78, 5) is 25.6. The van der Waals surface area contributed by atoms with Gasteiger partial charge in [0.15, 0.2) is 0 Å². The molecule has 0 radical (unpaired) electrons. The van der Waals surface area contributed by atoms with Gasteiger partial charge in [-0.25, -0.2) is 0 Å². The van der Waals surface area contributed by atoms with Crippen LogP contribution in [-0.2, 0) is 16.0 Å². The number of carboxylic acid groups (broad SMARTS) is 1. The maximum Gasteiger partial charge on any atom is 0.305 e. The Kier molecular flexibility index (Phi) is 4.59. The Morgan fingerprint density at radius 2 is 2.10 bits per heavy atom. The summed E-state index contributed by atoms with van der Waals surface area (Å²) in [5.74, 6) is -1.53. The predicted octanol–water partition coefficient (Wildman–Crippen LogP) is 1.02. The number of carbonyl (C=O) groups is 2. The molecule has 0 aliphatic heterocycles. The molecule has 6 heteroatoms. The number of carbonyl (C=O) groups excluding carboxylic acids is 1. The zero-order valence-electron chi connectivity index (χ0n) is 11.8. The van der Waals surface area contributed by atoms with Gasteiger partial charge in [0.1, 0.15) is 0 Å². The first-order valence-corrected chi connectivity index (χ1v) is 6.80. The Morgan fingerprint density at radius 1 is 1.38 bits per heavy atom. The minimum absolute atomic E-state index is 0.134. The van der Waals surface area contributed by atoms with Crippen LogP contribution in [0.1, 0.15) is 19.0 Å². The summed E-state index contributed by atoms with van der Waals surface area (Å²) >= 11 is 0. The summed E-state index contributed by atoms with van der Waals surface area (Å²) in [7, 11) is 0. The number of aromatic nitrogens is 1. The number of fused-ring (bicyclic) bond motifs is 1. The molecular weight excluding hydrogens is 270 g/mol. The van der Waals surface area contributed by atoms with Gasteiger partial charge in [-0.2, -0.15) is 0 Å². The molecule has 21 heavy (non-hydrogen) atoms. The van der Waals surface area contributed by atoms with E-state index in [1.54, 1.807) is 0 Å². The normalized spacial score (nSPS) is 13.8. The second kappa shape index (κ2) is 6.41. The highest BCUT2D eigenvalue weighted by atomic mass is 16.4. The van der Waals surface area contributed by atoms with Gasteiger partial charge in [0.05, 0.1) is 12.5 Å². The second-order valence-corrected chi connectivity index (χ2v) is 5.20. The number of rotatable bonds is 6. The lowest BCUT2D eigenvalue weighted by Gasteiger charge is -2.16. The smallest absolute Gasteiger partial charge is 0.305 e. The lowest BCUT2D eigenvalue weighted by Crippen LogP contribution is -2.46. The van der Waals surface area contributed by atoms with Crippen molar-refractivity contribution in [2.45, 2.75) is 31.8 Å². The highest BCUT2D eigenvalue weighted by molar-refractivity contribution is 5.86. The fourth-order valence-corrected chi connectivity index (χ4v) is 2.26. The van der Waals surface area contributed by atoms with E-state index in [1.165, 1.54) is 0 Å². The van der Waals surface area contributed by atoms with E-state index >= 15 is 0 Å². The average Bonchev–Trinajstić information content (AvgIpc) is 2.79. The molecule has 1 aromatic carbocycles. The van der Waals surface area contributed by atoms with Crippen molar-refractivity contribution < 1.29 is 14.7 Å². The molecule has 0 spiro atoms. The van der Waals surface area contributed by atoms with E-state index in [-0.39, 0.29) is 12.5 Å². The molecule has 0 aliphatic carbocycles. The summed E-state index contributed by atoms with van der Waals surface area (Å²) in [5, 5.41) is 12.5. The van der Waals surface area contributed by atoms with Gasteiger partial charge in [-0.05, 0) is 24.4 Å². The quantitative estimate of drug-likeness (QED) is 0.636. The zero-order valence-corrected chi connectivity index (χ0v) is 11.8. The van der Waals surface area contributed by atoms with Crippen LogP contribution in [0.25, 0.3) is 10.9 Å². The molecule has 0 aliphatic rings. The lowest BCUT2D eigenvalue weighted by atomic mass is 10.1. The van der Waals surface area contributed by atoms with Crippen LogP contribution in [0.5, 0.6) is 0 Å². The molecule has 0 saturated heterocycles. The number of amides is 1. The average molecular weight is 289 g/mol. The maximum absolute atomic E-state index is 11.7. The summed E-state index contributed by atoms with van der Waals surface area (Å²) in [5.41, 5.74) is 7.58. The molecule has 2 atom stereocenters. The standard InChI is InChI=1S/C15H19N3O3/c1-9(17-15(21)12(16)8-14(19)20)6-11-7-10-4-2-3-5-13(10)18-11/h2-5,7,9,12,18H,6,8,16H2,1H3,(H,17,21)(H,19,20). The van der Waals surface area contributed by atoms with Crippen molar-refractivity contribution in [1.29, 1.82) is 0 Å². The molecular formula is C15H19N3O3. The van der Waals surface area contributed by atoms with E-state index in [9.17, 15) is 9.59 Å². The molecule has 2 unspecified atom stereocenters. The number of aromatic amines is 1. The van der Waals surface area contributed by atoms with Crippen LogP contribution in [0, 0.1) is 0 Å². The third kappa shape index (κ3) is 4.06. The Hall–Kier alpha value is -2.34. The third-order valence-corrected chi connectivity index (χ3v) is 3.23. The van der Waals surface area contributed by atoms with Gasteiger partial charge in [-0.3, -0.25) is 9.59 Å². The van der Waals surface area contributed by atoms with Crippen molar-refractivity contribution in [3.8, 4) is 0 Å². The minimum atomic E-state index is -1.08. The molecule has 0 fully saturated rings. The second-order valence-electron chi connectivity index (χ2n) is 5.20. The van der Waals surface area contributed by atoms with Crippen molar-refractivity contribution in [3.63, 3.8) is 0 Å². The maximum atomic E-state index is 11.7. The lowest BCUT2D eigenvalue weighted by molar-refractivity contribution is -0.139.